The molecule has 0 saturated carbocycles. The smallest absolute Gasteiger partial charge is 0.172 e. The van der Waals surface area contributed by atoms with Crippen molar-refractivity contribution in [3.63, 3.8) is 0 Å². The molecule has 3 aromatic rings. The van der Waals surface area contributed by atoms with Crippen molar-refractivity contribution in [3.8, 4) is 6.07 Å². The molecule has 2 aromatic heterocycles. The number of nitrogen functional groups attached to an aromatic ring is 1. The summed E-state index contributed by atoms with van der Waals surface area (Å²) >= 11 is 2.89. The van der Waals surface area contributed by atoms with Crippen molar-refractivity contribution in [2.24, 2.45) is 0 Å². The van der Waals surface area contributed by atoms with Gasteiger partial charge in [-0.25, -0.2) is 4.98 Å². The summed E-state index contributed by atoms with van der Waals surface area (Å²) < 4.78 is 4.07. The van der Waals surface area contributed by atoms with Gasteiger partial charge in [-0.2, -0.15) is 5.26 Å². The number of nitrogens with zero attached hydrogens (tertiary/aromatic N) is 2. The van der Waals surface area contributed by atoms with Crippen LogP contribution < -0.4 is 10.5 Å². The molecule has 0 aliphatic rings. The van der Waals surface area contributed by atoms with Gasteiger partial charge < -0.3 is 15.4 Å². The topological polar surface area (TPSA) is 90.5 Å². The third-order valence-corrected chi connectivity index (χ3v) is 4.36. The maximum atomic E-state index is 9.01. The normalized spacial score (nSPS) is 10.5. The van der Waals surface area contributed by atoms with Crippen LogP contribution in [0.5, 0.6) is 0 Å². The second kappa shape index (κ2) is 4.84. The number of rotatable bonds is 3. The molecular formula is C12H9N5S2. The Morgan fingerprint density at radius 3 is 3.11 bits per heavy atom. The number of aromatic amines is 1. The van der Waals surface area contributed by atoms with Gasteiger partial charge in [-0.05, 0) is 6.07 Å². The monoisotopic (exact) mass is 287 g/mol. The summed E-state index contributed by atoms with van der Waals surface area (Å²) in [6.45, 7) is 0. The highest BCUT2D eigenvalue weighted by atomic mass is 32.2. The van der Waals surface area contributed by atoms with E-state index in [1.54, 1.807) is 11.6 Å². The van der Waals surface area contributed by atoms with Crippen LogP contribution in [-0.2, 0) is 0 Å². The Morgan fingerprint density at radius 2 is 2.37 bits per heavy atom. The van der Waals surface area contributed by atoms with E-state index in [1.807, 2.05) is 18.2 Å². The molecular weight excluding hydrogens is 278 g/mol. The maximum Gasteiger partial charge on any atom is 0.172 e. The molecule has 0 atom stereocenters. The number of H-pyrrole nitrogens is 1. The van der Waals surface area contributed by atoms with Gasteiger partial charge >= 0.3 is 0 Å². The van der Waals surface area contributed by atoms with Gasteiger partial charge in [0.25, 0.3) is 0 Å². The second-order valence-corrected chi connectivity index (χ2v) is 5.70. The first-order chi connectivity index (χ1) is 9.28. The molecule has 4 N–H and O–H groups in total. The van der Waals surface area contributed by atoms with Crippen LogP contribution in [0.4, 0.5) is 11.5 Å². The van der Waals surface area contributed by atoms with E-state index in [9.17, 15) is 0 Å². The third-order valence-electron chi connectivity index (χ3n) is 2.59. The standard InChI is InChI=1S/C12H9N5S2/c13-4-7-5-15-11-8(7)2-1-3-9(11)17-19-12-16-10(14)6-18-12/h1-3,5-6,15,17H,14H2. The molecule has 0 spiro atoms. The van der Waals surface area contributed by atoms with Crippen LogP contribution in [-0.4, -0.2) is 9.97 Å². The van der Waals surface area contributed by atoms with E-state index in [0.29, 0.717) is 11.4 Å². The van der Waals surface area contributed by atoms with Crippen molar-refractivity contribution in [1.82, 2.24) is 9.97 Å². The lowest BCUT2D eigenvalue weighted by Crippen LogP contribution is -1.88. The summed E-state index contributed by atoms with van der Waals surface area (Å²) in [7, 11) is 0. The number of nitriles is 1. The molecule has 5 nitrogen and oxygen atoms in total. The highest BCUT2D eigenvalue weighted by Gasteiger charge is 2.08. The fourth-order valence-corrected chi connectivity index (χ4v) is 3.16. The molecule has 0 fully saturated rings. The van der Waals surface area contributed by atoms with E-state index in [4.69, 9.17) is 11.0 Å². The zero-order valence-corrected chi connectivity index (χ0v) is 11.3. The molecule has 0 radical (unpaired) electrons. The zero-order chi connectivity index (χ0) is 13.2. The number of anilines is 2. The van der Waals surface area contributed by atoms with E-state index in [1.165, 1.54) is 23.3 Å². The molecule has 3 rings (SSSR count). The van der Waals surface area contributed by atoms with Gasteiger partial charge in [0.2, 0.25) is 0 Å². The Morgan fingerprint density at radius 1 is 1.47 bits per heavy atom. The molecule has 0 amide bonds. The average Bonchev–Trinajstić information content (AvgIpc) is 3.02. The number of hydrogen-bond acceptors (Lipinski definition) is 6. The summed E-state index contributed by atoms with van der Waals surface area (Å²) in [5.41, 5.74) is 8.04. The number of hydrogen-bond donors (Lipinski definition) is 3. The number of para-hydroxylation sites is 1. The molecule has 2 heterocycles. The molecule has 0 bridgehead atoms. The SMILES string of the molecule is N#Cc1c[nH]c2c(NSc3nc(N)cs3)cccc12. The molecule has 19 heavy (non-hydrogen) atoms. The molecule has 1 aromatic carbocycles. The number of nitrogens with one attached hydrogen (secondary N) is 2. The minimum Gasteiger partial charge on any atom is -0.383 e. The number of benzene rings is 1. The van der Waals surface area contributed by atoms with E-state index < -0.39 is 0 Å². The van der Waals surface area contributed by atoms with Crippen LogP contribution in [0, 0.1) is 11.3 Å². The molecule has 0 saturated heterocycles. The lowest BCUT2D eigenvalue weighted by Gasteiger charge is -2.04. The van der Waals surface area contributed by atoms with Crippen molar-refractivity contribution < 1.29 is 0 Å². The van der Waals surface area contributed by atoms with Gasteiger partial charge in [0, 0.05) is 28.9 Å². The first-order valence-electron chi connectivity index (χ1n) is 5.42. The Bertz CT molecular complexity index is 768. The van der Waals surface area contributed by atoms with Gasteiger partial charge in [0.05, 0.1) is 16.8 Å². The molecule has 94 valence electrons. The average molecular weight is 287 g/mol. The molecule has 0 aliphatic carbocycles. The Hall–Kier alpha value is -2.17. The van der Waals surface area contributed by atoms with E-state index in [0.717, 1.165) is 20.9 Å². The number of fused-ring (bicyclic) bond motifs is 1. The van der Waals surface area contributed by atoms with Crippen molar-refractivity contribution in [1.29, 1.82) is 5.26 Å². The third kappa shape index (κ3) is 2.23. The minimum absolute atomic E-state index is 0.527. The molecule has 0 unspecified atom stereocenters. The van der Waals surface area contributed by atoms with Crippen LogP contribution in [0.15, 0.2) is 34.1 Å². The first-order valence-corrected chi connectivity index (χ1v) is 7.11. The number of thiazole rings is 1. The predicted molar refractivity (Wildman–Crippen MR) is 79.0 cm³/mol. The van der Waals surface area contributed by atoms with Crippen molar-refractivity contribution in [2.45, 2.75) is 4.34 Å². The largest absolute Gasteiger partial charge is 0.383 e. The van der Waals surface area contributed by atoms with Crippen LogP contribution in [0.1, 0.15) is 5.56 Å². The van der Waals surface area contributed by atoms with Crippen LogP contribution in [0.2, 0.25) is 0 Å². The quantitative estimate of drug-likeness (QED) is 0.643. The lowest BCUT2D eigenvalue weighted by atomic mass is 10.2. The maximum absolute atomic E-state index is 9.01. The van der Waals surface area contributed by atoms with Crippen molar-refractivity contribution in [3.05, 3.63) is 35.3 Å². The second-order valence-electron chi connectivity index (χ2n) is 3.78. The summed E-state index contributed by atoms with van der Waals surface area (Å²) in [6, 6.07) is 7.94. The fourth-order valence-electron chi connectivity index (χ4n) is 1.75. The van der Waals surface area contributed by atoms with Crippen molar-refractivity contribution >= 4 is 45.7 Å². The van der Waals surface area contributed by atoms with Crippen LogP contribution >= 0.6 is 23.3 Å². The summed E-state index contributed by atoms with van der Waals surface area (Å²) in [4.78, 5) is 7.27. The van der Waals surface area contributed by atoms with E-state index in [-0.39, 0.29) is 0 Å². The summed E-state index contributed by atoms with van der Waals surface area (Å²) in [6.07, 6.45) is 1.71. The molecule has 7 heteroatoms. The van der Waals surface area contributed by atoms with Gasteiger partial charge in [0.15, 0.2) is 4.34 Å². The Balaban J connectivity index is 1.89. The van der Waals surface area contributed by atoms with Crippen molar-refractivity contribution in [2.75, 3.05) is 10.5 Å². The summed E-state index contributed by atoms with van der Waals surface area (Å²) in [5, 5.41) is 11.7. The highest BCUT2D eigenvalue weighted by molar-refractivity contribution is 8.02. The number of nitrogens with two attached hydrogens (primary N) is 1. The minimum atomic E-state index is 0.527. The fraction of sp³-hybridized carbons (Fsp3) is 0. The number of aromatic nitrogens is 2. The first kappa shape index (κ1) is 11.9. The van der Waals surface area contributed by atoms with Gasteiger partial charge in [-0.3, -0.25) is 0 Å². The van der Waals surface area contributed by atoms with E-state index in [2.05, 4.69) is 20.8 Å². The Labute approximate surface area is 117 Å². The van der Waals surface area contributed by atoms with E-state index >= 15 is 0 Å². The highest BCUT2D eigenvalue weighted by Crippen LogP contribution is 2.30. The lowest BCUT2D eigenvalue weighted by molar-refractivity contribution is 1.26. The van der Waals surface area contributed by atoms with Crippen LogP contribution in [0.25, 0.3) is 10.9 Å². The predicted octanol–water partition coefficient (Wildman–Crippen LogP) is 3.20. The van der Waals surface area contributed by atoms with Crippen LogP contribution in [0.3, 0.4) is 0 Å². The van der Waals surface area contributed by atoms with Gasteiger partial charge in [-0.15, -0.1) is 11.3 Å². The van der Waals surface area contributed by atoms with Gasteiger partial charge in [0.1, 0.15) is 11.9 Å². The summed E-state index contributed by atoms with van der Waals surface area (Å²) in [5.74, 6) is 0.527. The zero-order valence-electron chi connectivity index (χ0n) is 9.68. The van der Waals surface area contributed by atoms with Gasteiger partial charge in [-0.1, -0.05) is 12.1 Å². The Kier molecular flexibility index (Phi) is 3.03. The molecule has 0 aliphatic heterocycles.